The van der Waals surface area contributed by atoms with Crippen molar-refractivity contribution in [2.45, 2.75) is 59.3 Å². The van der Waals surface area contributed by atoms with Crippen molar-refractivity contribution in [2.24, 2.45) is 11.8 Å². The Morgan fingerprint density at radius 3 is 2.86 bits per heavy atom. The molecular formula is C20H33N. The standard InChI is InChI=1S/C20H33N/c1-5-6-14-21-20(15-17(2)3)16-18(4)12-13-19-10-8-7-9-11-19/h7-10,15,18-19,21H,2,5-6,11-14,16H2,1,3-4H3/b20-15+. The van der Waals surface area contributed by atoms with Crippen molar-refractivity contribution in [2.75, 3.05) is 6.54 Å². The summed E-state index contributed by atoms with van der Waals surface area (Å²) in [6, 6.07) is 0. The number of allylic oxidation sites excluding steroid dienone is 7. The predicted octanol–water partition coefficient (Wildman–Crippen LogP) is 5.77. The van der Waals surface area contributed by atoms with Gasteiger partial charge in [0.2, 0.25) is 0 Å². The normalized spacial score (nSPS) is 19.6. The Balaban J connectivity index is 2.36. The first-order chi connectivity index (χ1) is 10.1. The van der Waals surface area contributed by atoms with Crippen molar-refractivity contribution < 1.29 is 0 Å². The van der Waals surface area contributed by atoms with Gasteiger partial charge in [0.05, 0.1) is 0 Å². The number of unbranched alkanes of at least 4 members (excludes halogenated alkanes) is 1. The largest absolute Gasteiger partial charge is 0.388 e. The van der Waals surface area contributed by atoms with Gasteiger partial charge in [-0.1, -0.05) is 56.7 Å². The van der Waals surface area contributed by atoms with Gasteiger partial charge in [0.25, 0.3) is 0 Å². The molecule has 118 valence electrons. The van der Waals surface area contributed by atoms with E-state index in [0.29, 0.717) is 0 Å². The lowest BCUT2D eigenvalue weighted by molar-refractivity contribution is 0.444. The molecular weight excluding hydrogens is 254 g/mol. The fraction of sp³-hybridized carbons (Fsp3) is 0.600. The van der Waals surface area contributed by atoms with Crippen molar-refractivity contribution >= 4 is 0 Å². The molecule has 0 spiro atoms. The molecule has 0 fully saturated rings. The molecule has 0 aromatic heterocycles. The summed E-state index contributed by atoms with van der Waals surface area (Å²) in [6.45, 7) is 11.8. The Morgan fingerprint density at radius 1 is 1.43 bits per heavy atom. The SMILES string of the molecule is C=C(C)/C=C(\CC(C)CCC1C=CC=CC1)NCCCC. The van der Waals surface area contributed by atoms with Gasteiger partial charge in [-0.05, 0) is 56.9 Å². The van der Waals surface area contributed by atoms with E-state index in [1.165, 1.54) is 37.8 Å². The lowest BCUT2D eigenvalue weighted by Gasteiger charge is -2.19. The quantitative estimate of drug-likeness (QED) is 0.397. The van der Waals surface area contributed by atoms with Crippen LogP contribution in [0.4, 0.5) is 0 Å². The first kappa shape index (κ1) is 17.8. The van der Waals surface area contributed by atoms with Crippen LogP contribution in [0.15, 0.2) is 48.2 Å². The van der Waals surface area contributed by atoms with Gasteiger partial charge < -0.3 is 5.32 Å². The first-order valence-corrected chi connectivity index (χ1v) is 8.55. The molecule has 0 radical (unpaired) electrons. The van der Waals surface area contributed by atoms with Crippen LogP contribution >= 0.6 is 0 Å². The Bertz CT molecular complexity index is 387. The Morgan fingerprint density at radius 2 is 2.24 bits per heavy atom. The average molecular weight is 287 g/mol. The maximum atomic E-state index is 4.02. The minimum atomic E-state index is 0.726. The third-order valence-electron chi connectivity index (χ3n) is 3.97. The minimum Gasteiger partial charge on any atom is -0.388 e. The molecule has 1 rings (SSSR count). The van der Waals surface area contributed by atoms with E-state index in [-0.39, 0.29) is 0 Å². The van der Waals surface area contributed by atoms with Crippen LogP contribution in [0.25, 0.3) is 0 Å². The smallest absolute Gasteiger partial charge is 0.0143 e. The second-order valence-electron chi connectivity index (χ2n) is 6.49. The number of hydrogen-bond acceptors (Lipinski definition) is 1. The summed E-state index contributed by atoms with van der Waals surface area (Å²) in [4.78, 5) is 0. The van der Waals surface area contributed by atoms with E-state index >= 15 is 0 Å². The number of rotatable bonds is 10. The second kappa shape index (κ2) is 10.5. The summed E-state index contributed by atoms with van der Waals surface area (Å²) in [5.74, 6) is 1.48. The molecule has 0 amide bonds. The van der Waals surface area contributed by atoms with Crippen LogP contribution in [0, 0.1) is 11.8 Å². The molecule has 0 aromatic rings. The predicted molar refractivity (Wildman–Crippen MR) is 95.2 cm³/mol. The minimum absolute atomic E-state index is 0.726. The van der Waals surface area contributed by atoms with Crippen LogP contribution in [-0.4, -0.2) is 6.54 Å². The molecule has 21 heavy (non-hydrogen) atoms. The Hall–Kier alpha value is -1.24. The van der Waals surface area contributed by atoms with E-state index in [1.807, 2.05) is 0 Å². The summed E-state index contributed by atoms with van der Waals surface area (Å²) in [5, 5.41) is 3.60. The van der Waals surface area contributed by atoms with Crippen LogP contribution in [0.5, 0.6) is 0 Å². The van der Waals surface area contributed by atoms with Crippen molar-refractivity contribution in [3.63, 3.8) is 0 Å². The van der Waals surface area contributed by atoms with E-state index in [9.17, 15) is 0 Å². The Labute approximate surface area is 131 Å². The van der Waals surface area contributed by atoms with E-state index in [2.05, 4.69) is 63.0 Å². The molecule has 1 N–H and O–H groups in total. The zero-order chi connectivity index (χ0) is 15.5. The van der Waals surface area contributed by atoms with Crippen molar-refractivity contribution in [1.82, 2.24) is 5.32 Å². The fourth-order valence-electron chi connectivity index (χ4n) is 2.73. The topological polar surface area (TPSA) is 12.0 Å². The number of nitrogens with one attached hydrogen (secondary N) is 1. The molecule has 0 heterocycles. The van der Waals surface area contributed by atoms with Crippen LogP contribution in [0.2, 0.25) is 0 Å². The molecule has 2 unspecified atom stereocenters. The van der Waals surface area contributed by atoms with Gasteiger partial charge in [-0.2, -0.15) is 0 Å². The lowest BCUT2D eigenvalue weighted by atomic mass is 9.90. The van der Waals surface area contributed by atoms with Crippen LogP contribution in [-0.2, 0) is 0 Å². The van der Waals surface area contributed by atoms with Crippen molar-refractivity contribution in [1.29, 1.82) is 0 Å². The van der Waals surface area contributed by atoms with Gasteiger partial charge in [0.15, 0.2) is 0 Å². The highest BCUT2D eigenvalue weighted by Gasteiger charge is 2.10. The molecule has 1 heteroatoms. The van der Waals surface area contributed by atoms with E-state index in [0.717, 1.165) is 30.4 Å². The van der Waals surface area contributed by atoms with E-state index < -0.39 is 0 Å². The second-order valence-corrected chi connectivity index (χ2v) is 6.49. The van der Waals surface area contributed by atoms with E-state index in [1.54, 1.807) is 0 Å². The number of hydrogen-bond donors (Lipinski definition) is 1. The zero-order valence-corrected chi connectivity index (χ0v) is 14.2. The monoisotopic (exact) mass is 287 g/mol. The third kappa shape index (κ3) is 8.60. The zero-order valence-electron chi connectivity index (χ0n) is 14.2. The molecule has 0 bridgehead atoms. The van der Waals surface area contributed by atoms with Gasteiger partial charge in [-0.3, -0.25) is 0 Å². The Kier molecular flexibility index (Phi) is 8.89. The average Bonchev–Trinajstić information content (AvgIpc) is 2.46. The van der Waals surface area contributed by atoms with Gasteiger partial charge in [0.1, 0.15) is 0 Å². The molecule has 1 aliphatic carbocycles. The highest BCUT2D eigenvalue weighted by atomic mass is 14.9. The van der Waals surface area contributed by atoms with Gasteiger partial charge in [0, 0.05) is 12.2 Å². The highest BCUT2D eigenvalue weighted by molar-refractivity contribution is 5.18. The van der Waals surface area contributed by atoms with Gasteiger partial charge in [-0.25, -0.2) is 0 Å². The molecule has 2 atom stereocenters. The molecule has 0 saturated heterocycles. The van der Waals surface area contributed by atoms with Gasteiger partial charge >= 0.3 is 0 Å². The molecule has 0 aliphatic heterocycles. The van der Waals surface area contributed by atoms with Crippen molar-refractivity contribution in [3.8, 4) is 0 Å². The lowest BCUT2D eigenvalue weighted by Crippen LogP contribution is -2.17. The van der Waals surface area contributed by atoms with Crippen molar-refractivity contribution in [3.05, 3.63) is 48.2 Å². The maximum absolute atomic E-state index is 4.02. The van der Waals surface area contributed by atoms with Crippen LogP contribution in [0.1, 0.15) is 59.3 Å². The third-order valence-corrected chi connectivity index (χ3v) is 3.97. The summed E-state index contributed by atoms with van der Waals surface area (Å²) in [6.07, 6.45) is 18.6. The summed E-state index contributed by atoms with van der Waals surface area (Å²) in [7, 11) is 0. The van der Waals surface area contributed by atoms with Crippen LogP contribution < -0.4 is 5.32 Å². The van der Waals surface area contributed by atoms with E-state index in [4.69, 9.17) is 0 Å². The molecule has 1 aliphatic rings. The molecule has 0 aromatic carbocycles. The molecule has 1 nitrogen and oxygen atoms in total. The summed E-state index contributed by atoms with van der Waals surface area (Å²) >= 11 is 0. The van der Waals surface area contributed by atoms with Gasteiger partial charge in [-0.15, -0.1) is 0 Å². The summed E-state index contributed by atoms with van der Waals surface area (Å²) < 4.78 is 0. The molecule has 0 saturated carbocycles. The maximum Gasteiger partial charge on any atom is 0.0143 e. The first-order valence-electron chi connectivity index (χ1n) is 8.55. The van der Waals surface area contributed by atoms with Crippen LogP contribution in [0.3, 0.4) is 0 Å². The highest BCUT2D eigenvalue weighted by Crippen LogP contribution is 2.23. The fourth-order valence-corrected chi connectivity index (χ4v) is 2.73. The summed E-state index contributed by atoms with van der Waals surface area (Å²) in [5.41, 5.74) is 2.50.